The number of aliphatic carboxylic acids is 1. The van der Waals surface area contributed by atoms with E-state index >= 15 is 0 Å². The number of anilines is 2. The van der Waals surface area contributed by atoms with Crippen LogP contribution in [0.1, 0.15) is 65.2 Å². The third kappa shape index (κ3) is 3.36. The van der Waals surface area contributed by atoms with Gasteiger partial charge in [-0.15, -0.1) is 0 Å². The summed E-state index contributed by atoms with van der Waals surface area (Å²) in [5, 5.41) is 12.3. The van der Waals surface area contributed by atoms with Gasteiger partial charge in [-0.2, -0.15) is 0 Å². The number of nitrogens with two attached hydrogens (primary N) is 1. The molecule has 2 bridgehead atoms. The predicted molar refractivity (Wildman–Crippen MR) is 109 cm³/mol. The number of carbonyl (C=O) groups excluding carboxylic acids is 1. The van der Waals surface area contributed by atoms with E-state index in [1.54, 1.807) is 0 Å². The van der Waals surface area contributed by atoms with Gasteiger partial charge in [0, 0.05) is 18.5 Å². The summed E-state index contributed by atoms with van der Waals surface area (Å²) in [6.07, 6.45) is 4.05. The minimum Gasteiger partial charge on any atom is -0.481 e. The summed E-state index contributed by atoms with van der Waals surface area (Å²) in [5.41, 5.74) is 3.63. The van der Waals surface area contributed by atoms with Crippen LogP contribution in [0.25, 0.3) is 0 Å². The van der Waals surface area contributed by atoms with Crippen LogP contribution in [-0.2, 0) is 22.7 Å². The molecule has 0 aromatic carbocycles. The summed E-state index contributed by atoms with van der Waals surface area (Å²) in [6.45, 7) is 4.36. The van der Waals surface area contributed by atoms with E-state index in [-0.39, 0.29) is 24.0 Å². The van der Waals surface area contributed by atoms with Gasteiger partial charge in [0.1, 0.15) is 11.5 Å². The van der Waals surface area contributed by atoms with Gasteiger partial charge in [0.25, 0.3) is 5.56 Å². The second kappa shape index (κ2) is 7.68. The molecule has 3 saturated carbocycles. The molecular weight excluding hydrogens is 376 g/mol. The normalized spacial score (nSPS) is 25.7. The lowest BCUT2D eigenvalue weighted by Gasteiger charge is -2.50. The Kier molecular flexibility index (Phi) is 5.60. The van der Waals surface area contributed by atoms with E-state index in [1.807, 2.05) is 13.8 Å². The van der Waals surface area contributed by atoms with E-state index in [0.29, 0.717) is 57.9 Å². The Morgan fingerprint density at radius 1 is 0.966 bits per heavy atom. The molecule has 3 fully saturated rings. The highest BCUT2D eigenvalue weighted by Crippen LogP contribution is 2.57. The first kappa shape index (κ1) is 21.1. The fraction of sp³-hybridized carbons (Fsp3) is 0.700. The summed E-state index contributed by atoms with van der Waals surface area (Å²) in [4.78, 5) is 50.3. The van der Waals surface area contributed by atoms with Crippen LogP contribution in [0, 0.1) is 10.8 Å². The standard InChI is InChI=1S/C20H30N4O5/c1-3-11-23-14(21)13(15(25)24(12-4-2)18(23)29)22-16(26)19-5-8-20(9-6-19,10-7-19)17(27)28/h3-12,21H2,1-2H3,(H,22,26)(H,27,28). The topological polar surface area (TPSA) is 136 Å². The molecule has 0 atom stereocenters. The molecule has 9 heteroatoms. The number of amides is 1. The van der Waals surface area contributed by atoms with Gasteiger partial charge in [0.15, 0.2) is 0 Å². The number of fused-ring (bicyclic) bond motifs is 3. The number of nitrogens with one attached hydrogen (secondary N) is 1. The van der Waals surface area contributed by atoms with Crippen molar-refractivity contribution in [2.24, 2.45) is 10.8 Å². The van der Waals surface area contributed by atoms with Gasteiger partial charge in [0.2, 0.25) is 5.91 Å². The van der Waals surface area contributed by atoms with Crippen molar-refractivity contribution in [1.82, 2.24) is 9.13 Å². The van der Waals surface area contributed by atoms with Crippen molar-refractivity contribution in [2.45, 2.75) is 78.3 Å². The second-order valence-corrected chi connectivity index (χ2v) is 8.47. The van der Waals surface area contributed by atoms with Crippen LogP contribution < -0.4 is 22.3 Å². The molecule has 3 aliphatic rings. The molecule has 1 heterocycles. The largest absolute Gasteiger partial charge is 0.481 e. The van der Waals surface area contributed by atoms with E-state index < -0.39 is 28.0 Å². The molecule has 4 N–H and O–H groups in total. The van der Waals surface area contributed by atoms with Crippen LogP contribution in [0.15, 0.2) is 9.59 Å². The number of rotatable bonds is 7. The fourth-order valence-electron chi connectivity index (χ4n) is 4.79. The van der Waals surface area contributed by atoms with E-state index in [4.69, 9.17) is 5.73 Å². The maximum Gasteiger partial charge on any atom is 0.332 e. The molecule has 0 spiro atoms. The van der Waals surface area contributed by atoms with Gasteiger partial charge < -0.3 is 16.2 Å². The molecule has 1 aromatic rings. The average Bonchev–Trinajstić information content (AvgIpc) is 2.72. The Balaban J connectivity index is 1.94. The lowest BCUT2D eigenvalue weighted by Crippen LogP contribution is -2.51. The average molecular weight is 406 g/mol. The lowest BCUT2D eigenvalue weighted by molar-refractivity contribution is -0.162. The third-order valence-corrected chi connectivity index (χ3v) is 6.78. The van der Waals surface area contributed by atoms with Crippen molar-refractivity contribution in [1.29, 1.82) is 0 Å². The molecule has 1 aromatic heterocycles. The van der Waals surface area contributed by atoms with E-state index in [9.17, 15) is 24.3 Å². The van der Waals surface area contributed by atoms with Crippen LogP contribution in [-0.4, -0.2) is 26.1 Å². The first-order chi connectivity index (χ1) is 13.7. The summed E-state index contributed by atoms with van der Waals surface area (Å²) >= 11 is 0. The molecular formula is C20H30N4O5. The maximum atomic E-state index is 13.2. The Bertz CT molecular complexity index is 921. The van der Waals surface area contributed by atoms with Gasteiger partial charge >= 0.3 is 11.7 Å². The number of hydrogen-bond acceptors (Lipinski definition) is 5. The van der Waals surface area contributed by atoms with Gasteiger partial charge in [-0.3, -0.25) is 23.5 Å². The molecule has 29 heavy (non-hydrogen) atoms. The number of carbonyl (C=O) groups is 2. The summed E-state index contributed by atoms with van der Waals surface area (Å²) in [7, 11) is 0. The van der Waals surface area contributed by atoms with Crippen molar-refractivity contribution in [3.8, 4) is 0 Å². The van der Waals surface area contributed by atoms with Crippen molar-refractivity contribution in [3.63, 3.8) is 0 Å². The molecule has 3 aliphatic carbocycles. The van der Waals surface area contributed by atoms with Crippen molar-refractivity contribution >= 4 is 23.4 Å². The zero-order valence-electron chi connectivity index (χ0n) is 17.1. The molecule has 0 unspecified atom stereocenters. The Hall–Kier alpha value is -2.58. The fourth-order valence-corrected chi connectivity index (χ4v) is 4.79. The highest BCUT2D eigenvalue weighted by atomic mass is 16.4. The zero-order chi connectivity index (χ0) is 21.4. The molecule has 0 aliphatic heterocycles. The molecule has 0 saturated heterocycles. The molecule has 4 rings (SSSR count). The summed E-state index contributed by atoms with van der Waals surface area (Å²) in [6, 6.07) is 0. The molecule has 0 radical (unpaired) electrons. The van der Waals surface area contributed by atoms with E-state index in [2.05, 4.69) is 5.32 Å². The predicted octanol–water partition coefficient (Wildman–Crippen LogP) is 1.78. The minimum atomic E-state index is -0.787. The first-order valence-corrected chi connectivity index (χ1v) is 10.4. The number of aromatic nitrogens is 2. The zero-order valence-corrected chi connectivity index (χ0v) is 17.1. The second-order valence-electron chi connectivity index (χ2n) is 8.47. The highest BCUT2D eigenvalue weighted by Gasteiger charge is 2.55. The van der Waals surface area contributed by atoms with Crippen molar-refractivity contribution in [2.75, 3.05) is 11.1 Å². The Labute approximate surface area is 168 Å². The summed E-state index contributed by atoms with van der Waals surface area (Å²) < 4.78 is 2.46. The Morgan fingerprint density at radius 3 is 1.93 bits per heavy atom. The summed E-state index contributed by atoms with van der Waals surface area (Å²) in [5.74, 6) is -1.11. The first-order valence-electron chi connectivity index (χ1n) is 10.4. The van der Waals surface area contributed by atoms with Gasteiger partial charge in [-0.25, -0.2) is 4.79 Å². The van der Waals surface area contributed by atoms with Gasteiger partial charge in [-0.05, 0) is 51.4 Å². The van der Waals surface area contributed by atoms with Crippen LogP contribution in [0.3, 0.4) is 0 Å². The van der Waals surface area contributed by atoms with E-state index in [1.165, 1.54) is 4.57 Å². The smallest absolute Gasteiger partial charge is 0.332 e. The molecule has 160 valence electrons. The maximum absolute atomic E-state index is 13.2. The van der Waals surface area contributed by atoms with Crippen molar-refractivity contribution in [3.05, 3.63) is 20.8 Å². The lowest BCUT2D eigenvalue weighted by atomic mass is 9.53. The highest BCUT2D eigenvalue weighted by molar-refractivity contribution is 5.97. The van der Waals surface area contributed by atoms with Gasteiger partial charge in [0.05, 0.1) is 5.41 Å². The molecule has 9 nitrogen and oxygen atoms in total. The third-order valence-electron chi connectivity index (χ3n) is 6.78. The van der Waals surface area contributed by atoms with Crippen molar-refractivity contribution < 1.29 is 14.7 Å². The number of carboxylic acid groups (broad SMARTS) is 1. The van der Waals surface area contributed by atoms with Crippen LogP contribution in [0.4, 0.5) is 11.5 Å². The number of nitrogens with zero attached hydrogens (tertiary/aromatic N) is 2. The Morgan fingerprint density at radius 2 is 1.45 bits per heavy atom. The molecule has 1 amide bonds. The quantitative estimate of drug-likeness (QED) is 0.631. The van der Waals surface area contributed by atoms with Crippen LogP contribution in [0.2, 0.25) is 0 Å². The SMILES string of the molecule is CCCn1c(N)c(NC(=O)C23CCC(C(=O)O)(CC2)CC3)c(=O)n(CCC)c1=O. The monoisotopic (exact) mass is 406 g/mol. The number of nitrogen functional groups attached to an aromatic ring is 1. The van der Waals surface area contributed by atoms with E-state index in [0.717, 1.165) is 4.57 Å². The van der Waals surface area contributed by atoms with Gasteiger partial charge in [-0.1, -0.05) is 13.8 Å². The minimum absolute atomic E-state index is 0.0227. The van der Waals surface area contributed by atoms with Crippen LogP contribution >= 0.6 is 0 Å². The number of carboxylic acids is 1. The number of hydrogen-bond donors (Lipinski definition) is 3. The van der Waals surface area contributed by atoms with Crippen LogP contribution in [0.5, 0.6) is 0 Å².